The molecule has 1 aromatic heterocycles. The number of rotatable bonds is 7. The zero-order valence-electron chi connectivity index (χ0n) is 17.9. The van der Waals surface area contributed by atoms with Crippen LogP contribution in [0, 0.1) is 18.2 Å². The van der Waals surface area contributed by atoms with E-state index in [0.717, 1.165) is 24.5 Å². The highest BCUT2D eigenvalue weighted by Gasteiger charge is 2.33. The molecular formula is C22H21F4N3O3S. The Balaban J connectivity index is 2.16. The topological polar surface area (TPSA) is 88.2 Å². The molecule has 6 nitrogen and oxygen atoms in total. The van der Waals surface area contributed by atoms with Gasteiger partial charge in [0.25, 0.3) is 0 Å². The number of nitrogens with zero attached hydrogens (tertiary/aromatic N) is 1. The molecule has 0 fully saturated rings. The predicted octanol–water partition coefficient (Wildman–Crippen LogP) is 4.05. The molecule has 2 N–H and O–H groups in total. The molecule has 0 aliphatic rings. The molecule has 0 aliphatic carbocycles. The summed E-state index contributed by atoms with van der Waals surface area (Å²) in [7, 11) is -3.76. The van der Waals surface area contributed by atoms with Crippen LogP contribution in [0.3, 0.4) is 0 Å². The van der Waals surface area contributed by atoms with Gasteiger partial charge in [0.15, 0.2) is 0 Å². The van der Waals surface area contributed by atoms with Gasteiger partial charge in [-0.15, -0.1) is 6.42 Å². The molecule has 0 saturated carbocycles. The quantitative estimate of drug-likeness (QED) is 0.354. The zero-order chi connectivity index (χ0) is 25.0. The van der Waals surface area contributed by atoms with Crippen molar-refractivity contribution in [2.75, 3.05) is 11.0 Å². The minimum Gasteiger partial charge on any atom is -0.348 e. The number of hydrogen-bond donors (Lipinski definition) is 2. The third kappa shape index (κ3) is 7.32. The summed E-state index contributed by atoms with van der Waals surface area (Å²) in [6.07, 6.45) is 4.05. The molecule has 2 rings (SSSR count). The maximum absolute atomic E-state index is 14.3. The molecule has 0 radical (unpaired) electrons. The zero-order valence-corrected chi connectivity index (χ0v) is 18.7. The van der Waals surface area contributed by atoms with Gasteiger partial charge < -0.3 is 5.32 Å². The molecule has 0 spiro atoms. The van der Waals surface area contributed by atoms with Crippen molar-refractivity contribution in [3.05, 3.63) is 64.2 Å². The van der Waals surface area contributed by atoms with Crippen molar-refractivity contribution in [3.8, 4) is 12.3 Å². The van der Waals surface area contributed by atoms with E-state index in [-0.39, 0.29) is 35.0 Å². The smallest absolute Gasteiger partial charge is 0.348 e. The second-order valence-corrected chi connectivity index (χ2v) is 9.14. The predicted molar refractivity (Wildman–Crippen MR) is 117 cm³/mol. The van der Waals surface area contributed by atoms with E-state index < -0.39 is 33.6 Å². The van der Waals surface area contributed by atoms with Gasteiger partial charge in [0.2, 0.25) is 15.9 Å². The van der Waals surface area contributed by atoms with Crippen LogP contribution in [0.2, 0.25) is 0 Å². The van der Waals surface area contributed by atoms with E-state index in [1.807, 2.05) is 4.72 Å². The van der Waals surface area contributed by atoms with Crippen molar-refractivity contribution in [1.82, 2.24) is 10.3 Å². The van der Waals surface area contributed by atoms with E-state index in [0.29, 0.717) is 5.56 Å². The Hall–Kier alpha value is -3.39. The number of carbonyl (C=O) groups excluding carboxylic acids is 1. The monoisotopic (exact) mass is 483 g/mol. The van der Waals surface area contributed by atoms with Gasteiger partial charge in [-0.05, 0) is 41.3 Å². The van der Waals surface area contributed by atoms with E-state index in [1.165, 1.54) is 18.2 Å². The first-order valence-electron chi connectivity index (χ1n) is 9.52. The Morgan fingerprint density at radius 1 is 1.27 bits per heavy atom. The highest BCUT2D eigenvalue weighted by Crippen LogP contribution is 2.30. The Morgan fingerprint density at radius 3 is 2.48 bits per heavy atom. The maximum atomic E-state index is 14.3. The van der Waals surface area contributed by atoms with Gasteiger partial charge in [-0.25, -0.2) is 17.8 Å². The molecule has 1 amide bonds. The van der Waals surface area contributed by atoms with E-state index in [1.54, 1.807) is 13.8 Å². The van der Waals surface area contributed by atoms with E-state index >= 15 is 0 Å². The van der Waals surface area contributed by atoms with Crippen LogP contribution < -0.4 is 10.0 Å². The lowest BCUT2D eigenvalue weighted by Crippen LogP contribution is -2.21. The summed E-state index contributed by atoms with van der Waals surface area (Å²) >= 11 is 0. The Kier molecular flexibility index (Phi) is 7.87. The molecular weight excluding hydrogens is 462 g/mol. The number of benzene rings is 1. The van der Waals surface area contributed by atoms with Crippen LogP contribution in [0.1, 0.15) is 47.8 Å². The number of halogens is 4. The molecule has 0 atom stereocenters. The lowest BCUT2D eigenvalue weighted by molar-refractivity contribution is -0.141. The van der Waals surface area contributed by atoms with Gasteiger partial charge >= 0.3 is 6.18 Å². The number of hydrogen-bond acceptors (Lipinski definition) is 4. The van der Waals surface area contributed by atoms with Gasteiger partial charge in [0.05, 0.1) is 23.2 Å². The highest BCUT2D eigenvalue weighted by atomic mass is 32.2. The number of aromatic nitrogens is 1. The molecule has 33 heavy (non-hydrogen) atoms. The normalized spacial score (nSPS) is 12.1. The number of amides is 1. The number of carbonyl (C=O) groups is 1. The summed E-state index contributed by atoms with van der Waals surface area (Å²) in [5.41, 5.74) is -0.620. The van der Waals surface area contributed by atoms with Crippen LogP contribution in [0.5, 0.6) is 0 Å². The lowest BCUT2D eigenvalue weighted by atomic mass is 10.0. The van der Waals surface area contributed by atoms with E-state index in [2.05, 4.69) is 16.2 Å². The SMILES string of the molecule is C#Cc1cc(CNC(=O)/C=C/c2ccc(C(F)(F)F)nc2C(C)C)cc(F)c1NS(C)(=O)=O. The molecule has 1 aromatic carbocycles. The average molecular weight is 483 g/mol. The largest absolute Gasteiger partial charge is 0.433 e. The van der Waals surface area contributed by atoms with Crippen molar-refractivity contribution in [3.63, 3.8) is 0 Å². The van der Waals surface area contributed by atoms with Crippen molar-refractivity contribution < 1.29 is 30.8 Å². The molecule has 0 aliphatic heterocycles. The number of terminal acetylenes is 1. The standard InChI is InChI=1S/C22H21F4N3O3S/c1-5-15-10-14(11-17(23)21(15)29-33(4,31)32)12-27-19(30)9-7-16-6-8-18(22(24,25)26)28-20(16)13(2)3/h1,6-11,13,29H,12H2,2-4H3,(H,27,30)/b9-7+. The minimum absolute atomic E-state index is 0.0439. The third-order valence-corrected chi connectivity index (χ3v) is 4.84. The third-order valence-electron chi connectivity index (χ3n) is 4.27. The highest BCUT2D eigenvalue weighted by molar-refractivity contribution is 7.92. The van der Waals surface area contributed by atoms with Crippen LogP contribution in [0.4, 0.5) is 23.2 Å². The van der Waals surface area contributed by atoms with E-state index in [4.69, 9.17) is 6.42 Å². The van der Waals surface area contributed by atoms with E-state index in [9.17, 15) is 30.8 Å². The lowest BCUT2D eigenvalue weighted by Gasteiger charge is -2.13. The maximum Gasteiger partial charge on any atom is 0.433 e. The van der Waals surface area contributed by atoms with Gasteiger partial charge in [0.1, 0.15) is 11.5 Å². The average Bonchev–Trinajstić information content (AvgIpc) is 2.70. The van der Waals surface area contributed by atoms with Crippen molar-refractivity contribution in [1.29, 1.82) is 0 Å². The van der Waals surface area contributed by atoms with Crippen LogP contribution in [0.25, 0.3) is 6.08 Å². The molecule has 0 unspecified atom stereocenters. The summed E-state index contributed by atoms with van der Waals surface area (Å²) in [5.74, 6) is 0.364. The first-order valence-corrected chi connectivity index (χ1v) is 11.4. The van der Waals surface area contributed by atoms with Crippen LogP contribution >= 0.6 is 0 Å². The van der Waals surface area contributed by atoms with Crippen LogP contribution in [-0.2, 0) is 27.5 Å². The Labute approximate surface area is 189 Å². The fourth-order valence-corrected chi connectivity index (χ4v) is 3.41. The summed E-state index contributed by atoms with van der Waals surface area (Å²) in [5, 5.41) is 2.50. The number of anilines is 1. The molecule has 1 heterocycles. The number of sulfonamides is 1. The van der Waals surface area contributed by atoms with Gasteiger partial charge in [-0.2, -0.15) is 13.2 Å². The minimum atomic E-state index is -4.58. The summed E-state index contributed by atoms with van der Waals surface area (Å²) < 4.78 is 77.8. The van der Waals surface area contributed by atoms with Crippen molar-refractivity contribution in [2.24, 2.45) is 0 Å². The summed E-state index contributed by atoms with van der Waals surface area (Å²) in [6, 6.07) is 4.43. The number of pyridine rings is 1. The Morgan fingerprint density at radius 2 is 1.94 bits per heavy atom. The molecule has 176 valence electrons. The summed E-state index contributed by atoms with van der Waals surface area (Å²) in [4.78, 5) is 15.8. The van der Waals surface area contributed by atoms with Gasteiger partial charge in [0, 0.05) is 12.6 Å². The Bertz CT molecular complexity index is 1230. The fraction of sp³-hybridized carbons (Fsp3) is 0.273. The summed E-state index contributed by atoms with van der Waals surface area (Å²) in [6.45, 7) is 3.23. The number of nitrogens with one attached hydrogen (secondary N) is 2. The fourth-order valence-electron chi connectivity index (χ4n) is 2.83. The van der Waals surface area contributed by atoms with Gasteiger partial charge in [-0.1, -0.05) is 25.8 Å². The molecule has 11 heteroatoms. The molecule has 0 saturated heterocycles. The second-order valence-electron chi connectivity index (χ2n) is 7.39. The van der Waals surface area contributed by atoms with Crippen LogP contribution in [0.15, 0.2) is 30.3 Å². The van der Waals surface area contributed by atoms with Crippen molar-refractivity contribution >= 4 is 27.7 Å². The van der Waals surface area contributed by atoms with Gasteiger partial charge in [-0.3, -0.25) is 9.52 Å². The molecule has 2 aromatic rings. The first kappa shape index (κ1) is 25.9. The first-order chi connectivity index (χ1) is 15.2. The van der Waals surface area contributed by atoms with Crippen molar-refractivity contribution in [2.45, 2.75) is 32.5 Å². The number of alkyl halides is 3. The second kappa shape index (κ2) is 10.0. The molecule has 0 bridgehead atoms. The van der Waals surface area contributed by atoms with Crippen LogP contribution in [-0.4, -0.2) is 25.6 Å².